The Morgan fingerprint density at radius 3 is 2.74 bits per heavy atom. The molecule has 0 unspecified atom stereocenters. The fourth-order valence-electron chi connectivity index (χ4n) is 3.15. The largest absolute Gasteiger partial charge is 0.352 e. The van der Waals surface area contributed by atoms with Gasteiger partial charge in [-0.25, -0.2) is 0 Å². The molecular weight excluding hydrogens is 286 g/mol. The highest BCUT2D eigenvalue weighted by molar-refractivity contribution is 5.93. The van der Waals surface area contributed by atoms with Crippen molar-refractivity contribution in [3.8, 4) is 0 Å². The number of hydrogen-bond donors (Lipinski definition) is 1. The van der Waals surface area contributed by atoms with Crippen molar-refractivity contribution in [2.45, 2.75) is 19.4 Å². The lowest BCUT2D eigenvalue weighted by Gasteiger charge is -2.32. The summed E-state index contributed by atoms with van der Waals surface area (Å²) in [4.78, 5) is 18.5. The summed E-state index contributed by atoms with van der Waals surface area (Å²) in [5.74, 6) is 0.519. The Balaban J connectivity index is 1.48. The smallest absolute Gasteiger partial charge is 0.251 e. The molecule has 0 saturated carbocycles. The highest BCUT2D eigenvalue weighted by Crippen LogP contribution is 2.18. The first-order valence-corrected chi connectivity index (χ1v) is 8.26. The third-order valence-electron chi connectivity index (χ3n) is 4.35. The van der Waals surface area contributed by atoms with E-state index >= 15 is 0 Å². The molecule has 1 fully saturated rings. The molecule has 4 heteroatoms. The third kappa shape index (κ3) is 4.63. The molecule has 2 aromatic rings. The van der Waals surface area contributed by atoms with E-state index in [1.165, 1.54) is 18.4 Å². The molecule has 0 bridgehead atoms. The van der Waals surface area contributed by atoms with Crippen LogP contribution in [0, 0.1) is 5.92 Å². The second-order valence-electron chi connectivity index (χ2n) is 6.17. The second-order valence-corrected chi connectivity index (χ2v) is 6.17. The summed E-state index contributed by atoms with van der Waals surface area (Å²) in [5.41, 5.74) is 2.03. The summed E-state index contributed by atoms with van der Waals surface area (Å²) in [6.45, 7) is 3.93. The molecule has 23 heavy (non-hydrogen) atoms. The van der Waals surface area contributed by atoms with Gasteiger partial charge in [-0.15, -0.1) is 0 Å². The molecule has 0 spiro atoms. The number of rotatable bonds is 5. The van der Waals surface area contributed by atoms with Crippen molar-refractivity contribution in [2.24, 2.45) is 5.92 Å². The van der Waals surface area contributed by atoms with Crippen LogP contribution in [0.3, 0.4) is 0 Å². The lowest BCUT2D eigenvalue weighted by Crippen LogP contribution is -2.40. The van der Waals surface area contributed by atoms with E-state index in [1.54, 1.807) is 24.5 Å². The van der Waals surface area contributed by atoms with Gasteiger partial charge in [-0.2, -0.15) is 0 Å². The number of nitrogens with one attached hydrogen (secondary N) is 1. The first-order chi connectivity index (χ1) is 11.3. The van der Waals surface area contributed by atoms with Gasteiger partial charge in [0.25, 0.3) is 5.91 Å². The molecule has 120 valence electrons. The van der Waals surface area contributed by atoms with Crippen molar-refractivity contribution in [1.29, 1.82) is 0 Å². The van der Waals surface area contributed by atoms with Crippen LogP contribution in [0.1, 0.15) is 28.8 Å². The molecule has 1 atom stereocenters. The maximum absolute atomic E-state index is 12.1. The van der Waals surface area contributed by atoms with Gasteiger partial charge < -0.3 is 5.32 Å². The average Bonchev–Trinajstić information content (AvgIpc) is 2.62. The first-order valence-electron chi connectivity index (χ1n) is 8.26. The van der Waals surface area contributed by atoms with Gasteiger partial charge in [-0.3, -0.25) is 14.7 Å². The van der Waals surface area contributed by atoms with Crippen LogP contribution in [0.25, 0.3) is 0 Å². The average molecular weight is 309 g/mol. The second kappa shape index (κ2) is 7.88. The molecule has 0 radical (unpaired) electrons. The van der Waals surface area contributed by atoms with Gasteiger partial charge in [0.15, 0.2) is 0 Å². The maximum Gasteiger partial charge on any atom is 0.251 e. The first kappa shape index (κ1) is 15.7. The number of carbonyl (C=O) groups is 1. The molecule has 1 N–H and O–H groups in total. The van der Waals surface area contributed by atoms with Crippen molar-refractivity contribution < 1.29 is 4.79 Å². The predicted molar refractivity (Wildman–Crippen MR) is 91.0 cm³/mol. The van der Waals surface area contributed by atoms with Gasteiger partial charge in [-0.05, 0) is 43.0 Å². The van der Waals surface area contributed by atoms with Crippen molar-refractivity contribution in [3.05, 3.63) is 66.0 Å². The summed E-state index contributed by atoms with van der Waals surface area (Å²) in [7, 11) is 0. The summed E-state index contributed by atoms with van der Waals surface area (Å²) in [6, 6.07) is 14.1. The van der Waals surface area contributed by atoms with Crippen LogP contribution >= 0.6 is 0 Å². The highest BCUT2D eigenvalue weighted by atomic mass is 16.1. The van der Waals surface area contributed by atoms with E-state index in [0.717, 1.165) is 26.2 Å². The van der Waals surface area contributed by atoms with Crippen LogP contribution in [0.15, 0.2) is 54.9 Å². The SMILES string of the molecule is O=C(NC[C@@H]1CCCN(Cc2ccccc2)C1)c1ccncc1. The van der Waals surface area contributed by atoms with E-state index in [9.17, 15) is 4.79 Å². The lowest BCUT2D eigenvalue weighted by atomic mass is 9.97. The Morgan fingerprint density at radius 2 is 1.96 bits per heavy atom. The van der Waals surface area contributed by atoms with Gasteiger partial charge >= 0.3 is 0 Å². The quantitative estimate of drug-likeness (QED) is 0.923. The van der Waals surface area contributed by atoms with E-state index in [1.807, 2.05) is 0 Å². The molecule has 1 aromatic heterocycles. The number of carbonyl (C=O) groups excluding carboxylic acids is 1. The standard InChI is InChI=1S/C19H23N3O/c23-19(18-8-10-20-11-9-18)21-13-17-7-4-12-22(15-17)14-16-5-2-1-3-6-16/h1-3,5-6,8-11,17H,4,7,12-15H2,(H,21,23)/t17-/m0/s1. The Hall–Kier alpha value is -2.20. The molecule has 4 nitrogen and oxygen atoms in total. The number of nitrogens with zero attached hydrogens (tertiary/aromatic N) is 2. The van der Waals surface area contributed by atoms with Crippen LogP contribution in [-0.2, 0) is 6.54 Å². The number of amides is 1. The molecule has 1 aliphatic heterocycles. The molecular formula is C19H23N3O. The zero-order valence-electron chi connectivity index (χ0n) is 13.3. The van der Waals surface area contributed by atoms with Gasteiger partial charge in [-0.1, -0.05) is 30.3 Å². The summed E-state index contributed by atoms with van der Waals surface area (Å²) in [6.07, 6.45) is 5.68. The van der Waals surface area contributed by atoms with Crippen LogP contribution in [0.4, 0.5) is 0 Å². The zero-order chi connectivity index (χ0) is 15.9. The van der Waals surface area contributed by atoms with Crippen molar-refractivity contribution in [1.82, 2.24) is 15.2 Å². The lowest BCUT2D eigenvalue weighted by molar-refractivity contribution is 0.0930. The fraction of sp³-hybridized carbons (Fsp3) is 0.368. The van der Waals surface area contributed by atoms with E-state index in [-0.39, 0.29) is 5.91 Å². The number of benzene rings is 1. The van der Waals surface area contributed by atoms with Crippen molar-refractivity contribution in [2.75, 3.05) is 19.6 Å². The molecule has 1 aliphatic rings. The minimum atomic E-state index is -0.00687. The minimum Gasteiger partial charge on any atom is -0.352 e. The number of piperidine rings is 1. The molecule has 1 saturated heterocycles. The Kier molecular flexibility index (Phi) is 5.37. The summed E-state index contributed by atoms with van der Waals surface area (Å²) < 4.78 is 0. The monoisotopic (exact) mass is 309 g/mol. The maximum atomic E-state index is 12.1. The number of hydrogen-bond acceptors (Lipinski definition) is 3. The molecule has 1 aromatic carbocycles. The number of likely N-dealkylation sites (tertiary alicyclic amines) is 1. The van der Waals surface area contributed by atoms with E-state index < -0.39 is 0 Å². The van der Waals surface area contributed by atoms with Gasteiger partial charge in [0.05, 0.1) is 0 Å². The van der Waals surface area contributed by atoms with E-state index in [0.29, 0.717) is 11.5 Å². The molecule has 2 heterocycles. The third-order valence-corrected chi connectivity index (χ3v) is 4.35. The summed E-state index contributed by atoms with van der Waals surface area (Å²) in [5, 5.41) is 3.06. The van der Waals surface area contributed by atoms with Crippen LogP contribution in [0.5, 0.6) is 0 Å². The summed E-state index contributed by atoms with van der Waals surface area (Å²) >= 11 is 0. The molecule has 3 rings (SSSR count). The normalized spacial score (nSPS) is 18.5. The number of pyridine rings is 1. The predicted octanol–water partition coefficient (Wildman–Crippen LogP) is 2.72. The minimum absolute atomic E-state index is 0.00687. The highest BCUT2D eigenvalue weighted by Gasteiger charge is 2.20. The Morgan fingerprint density at radius 1 is 1.17 bits per heavy atom. The fourth-order valence-corrected chi connectivity index (χ4v) is 3.15. The Bertz CT molecular complexity index is 615. The van der Waals surface area contributed by atoms with Crippen molar-refractivity contribution in [3.63, 3.8) is 0 Å². The van der Waals surface area contributed by atoms with Crippen LogP contribution < -0.4 is 5.32 Å². The molecule has 0 aliphatic carbocycles. The topological polar surface area (TPSA) is 45.2 Å². The van der Waals surface area contributed by atoms with Gasteiger partial charge in [0, 0.05) is 37.6 Å². The van der Waals surface area contributed by atoms with Crippen molar-refractivity contribution >= 4 is 5.91 Å². The number of aromatic nitrogens is 1. The van der Waals surface area contributed by atoms with Gasteiger partial charge in [0.1, 0.15) is 0 Å². The van der Waals surface area contributed by atoms with Crippen LogP contribution in [-0.4, -0.2) is 35.4 Å². The van der Waals surface area contributed by atoms with Crippen LogP contribution in [0.2, 0.25) is 0 Å². The molecule has 1 amide bonds. The Labute approximate surface area is 137 Å². The van der Waals surface area contributed by atoms with Gasteiger partial charge in [0.2, 0.25) is 0 Å². The zero-order valence-corrected chi connectivity index (χ0v) is 13.3. The van der Waals surface area contributed by atoms with E-state index in [4.69, 9.17) is 0 Å². The van der Waals surface area contributed by atoms with E-state index in [2.05, 4.69) is 45.5 Å².